The van der Waals surface area contributed by atoms with Crippen LogP contribution in [0.2, 0.25) is 0 Å². The van der Waals surface area contributed by atoms with Crippen molar-refractivity contribution in [1.82, 2.24) is 4.90 Å². The van der Waals surface area contributed by atoms with E-state index in [1.165, 1.54) is 0 Å². The van der Waals surface area contributed by atoms with E-state index in [1.807, 2.05) is 6.92 Å². The number of aliphatic hydroxyl groups is 1. The van der Waals surface area contributed by atoms with Crippen LogP contribution in [0.5, 0.6) is 0 Å². The van der Waals surface area contributed by atoms with Crippen molar-refractivity contribution in [2.24, 2.45) is 5.92 Å². The summed E-state index contributed by atoms with van der Waals surface area (Å²) in [6.07, 6.45) is 1.52. The van der Waals surface area contributed by atoms with Gasteiger partial charge in [-0.05, 0) is 53.6 Å². The molecule has 1 rings (SSSR count). The average Bonchev–Trinajstić information content (AvgIpc) is 2.17. The zero-order chi connectivity index (χ0) is 11.5. The fraction of sp³-hybridized carbons (Fsp3) is 1.00. The molecule has 0 aromatic heterocycles. The maximum Gasteiger partial charge on any atom is 0.157 e. The lowest BCUT2D eigenvalue weighted by atomic mass is 9.92. The molecule has 0 spiro atoms. The third-order valence-electron chi connectivity index (χ3n) is 3.23. The van der Waals surface area contributed by atoms with Gasteiger partial charge < -0.3 is 9.84 Å². The topological polar surface area (TPSA) is 32.7 Å². The van der Waals surface area contributed by atoms with Crippen LogP contribution in [0, 0.1) is 5.92 Å². The molecule has 1 aliphatic heterocycles. The highest BCUT2D eigenvalue weighted by molar-refractivity contribution is 4.82. The van der Waals surface area contributed by atoms with E-state index in [0.717, 1.165) is 25.9 Å². The summed E-state index contributed by atoms with van der Waals surface area (Å²) in [4.78, 5) is 2.47. The molecule has 0 amide bonds. The van der Waals surface area contributed by atoms with Crippen LogP contribution in [0.15, 0.2) is 0 Å². The molecular formula is C12H25NO2. The highest BCUT2D eigenvalue weighted by atomic mass is 16.6. The molecule has 1 atom stereocenters. The Labute approximate surface area is 93.4 Å². The van der Waals surface area contributed by atoms with E-state index in [9.17, 15) is 5.11 Å². The Bertz CT molecular complexity index is 181. The molecule has 1 fully saturated rings. The third kappa shape index (κ3) is 3.74. The summed E-state index contributed by atoms with van der Waals surface area (Å²) in [6, 6.07) is 0. The SMILES string of the molecule is CCOC(O)C1CCN(C(C)(C)C)CC1. The average molecular weight is 215 g/mol. The van der Waals surface area contributed by atoms with Gasteiger partial charge in [0.25, 0.3) is 0 Å². The Morgan fingerprint density at radius 2 is 1.87 bits per heavy atom. The van der Waals surface area contributed by atoms with E-state index >= 15 is 0 Å². The van der Waals surface area contributed by atoms with Crippen LogP contribution in [0.1, 0.15) is 40.5 Å². The molecule has 0 bridgehead atoms. The van der Waals surface area contributed by atoms with Gasteiger partial charge in [0.15, 0.2) is 6.29 Å². The smallest absolute Gasteiger partial charge is 0.157 e. The monoisotopic (exact) mass is 215 g/mol. The molecule has 1 aliphatic rings. The zero-order valence-electron chi connectivity index (χ0n) is 10.5. The fourth-order valence-corrected chi connectivity index (χ4v) is 2.16. The minimum atomic E-state index is -0.558. The van der Waals surface area contributed by atoms with E-state index < -0.39 is 6.29 Å². The van der Waals surface area contributed by atoms with Crippen LogP contribution in [0.4, 0.5) is 0 Å². The van der Waals surface area contributed by atoms with Gasteiger partial charge in [-0.1, -0.05) is 0 Å². The van der Waals surface area contributed by atoms with Crippen molar-refractivity contribution in [3.8, 4) is 0 Å². The first-order valence-electron chi connectivity index (χ1n) is 6.00. The maximum absolute atomic E-state index is 9.72. The number of nitrogens with zero attached hydrogens (tertiary/aromatic N) is 1. The molecule has 0 aromatic rings. The molecule has 15 heavy (non-hydrogen) atoms. The van der Waals surface area contributed by atoms with Crippen LogP contribution in [0.3, 0.4) is 0 Å². The second-order valence-corrected chi connectivity index (χ2v) is 5.34. The molecule has 3 nitrogen and oxygen atoms in total. The number of hydrogen-bond acceptors (Lipinski definition) is 3. The number of ether oxygens (including phenoxy) is 1. The van der Waals surface area contributed by atoms with Gasteiger partial charge in [-0.2, -0.15) is 0 Å². The lowest BCUT2D eigenvalue weighted by Gasteiger charge is -2.41. The van der Waals surface area contributed by atoms with Gasteiger partial charge in [0, 0.05) is 18.1 Å². The van der Waals surface area contributed by atoms with E-state index in [4.69, 9.17) is 4.74 Å². The Hall–Kier alpha value is -0.120. The molecule has 0 saturated carbocycles. The van der Waals surface area contributed by atoms with Gasteiger partial charge in [-0.3, -0.25) is 4.90 Å². The Balaban J connectivity index is 2.36. The molecule has 1 unspecified atom stereocenters. The summed E-state index contributed by atoms with van der Waals surface area (Å²) in [5.74, 6) is 0.323. The van der Waals surface area contributed by atoms with E-state index in [-0.39, 0.29) is 5.54 Å². The highest BCUT2D eigenvalue weighted by Gasteiger charge is 2.30. The summed E-state index contributed by atoms with van der Waals surface area (Å²) >= 11 is 0. The first-order valence-corrected chi connectivity index (χ1v) is 6.00. The summed E-state index contributed by atoms with van der Waals surface area (Å²) in [5.41, 5.74) is 0.252. The van der Waals surface area contributed by atoms with Gasteiger partial charge in [0.2, 0.25) is 0 Å². The van der Waals surface area contributed by atoms with Crippen molar-refractivity contribution in [3.05, 3.63) is 0 Å². The molecule has 0 aromatic carbocycles. The second kappa shape index (κ2) is 5.28. The van der Waals surface area contributed by atoms with Crippen molar-refractivity contribution in [2.45, 2.75) is 52.4 Å². The molecule has 3 heteroatoms. The van der Waals surface area contributed by atoms with Gasteiger partial charge in [-0.15, -0.1) is 0 Å². The number of likely N-dealkylation sites (tertiary alicyclic amines) is 1. The summed E-state index contributed by atoms with van der Waals surface area (Å²) in [5, 5.41) is 9.72. The van der Waals surface area contributed by atoms with Crippen LogP contribution in [0.25, 0.3) is 0 Å². The van der Waals surface area contributed by atoms with E-state index in [1.54, 1.807) is 0 Å². The molecule has 0 radical (unpaired) electrons. The van der Waals surface area contributed by atoms with Crippen LogP contribution in [-0.2, 0) is 4.74 Å². The van der Waals surface area contributed by atoms with Gasteiger partial charge in [0.05, 0.1) is 0 Å². The Kier molecular flexibility index (Phi) is 4.56. The summed E-state index contributed by atoms with van der Waals surface area (Å²) < 4.78 is 5.24. The van der Waals surface area contributed by atoms with Gasteiger partial charge in [-0.25, -0.2) is 0 Å². The minimum Gasteiger partial charge on any atom is -0.368 e. The number of piperidine rings is 1. The summed E-state index contributed by atoms with van der Waals surface area (Å²) in [7, 11) is 0. The lowest BCUT2D eigenvalue weighted by molar-refractivity contribution is -0.143. The molecule has 1 heterocycles. The van der Waals surface area contributed by atoms with Crippen LogP contribution < -0.4 is 0 Å². The van der Waals surface area contributed by atoms with Gasteiger partial charge in [0.1, 0.15) is 0 Å². The first-order chi connectivity index (χ1) is 6.95. The second-order valence-electron chi connectivity index (χ2n) is 5.34. The van der Waals surface area contributed by atoms with Crippen molar-refractivity contribution in [1.29, 1.82) is 0 Å². The maximum atomic E-state index is 9.72. The molecule has 0 aliphatic carbocycles. The first kappa shape index (κ1) is 12.9. The van der Waals surface area contributed by atoms with Crippen LogP contribution in [-0.4, -0.2) is 41.5 Å². The zero-order valence-corrected chi connectivity index (χ0v) is 10.5. The minimum absolute atomic E-state index is 0.252. The standard InChI is InChI=1S/C12H25NO2/c1-5-15-11(14)10-6-8-13(9-7-10)12(2,3)4/h10-11,14H,5-9H2,1-4H3. The quantitative estimate of drug-likeness (QED) is 0.729. The van der Waals surface area contributed by atoms with Crippen molar-refractivity contribution < 1.29 is 9.84 Å². The molecule has 1 N–H and O–H groups in total. The van der Waals surface area contributed by atoms with Gasteiger partial charge >= 0.3 is 0 Å². The largest absolute Gasteiger partial charge is 0.368 e. The molecule has 90 valence electrons. The van der Waals surface area contributed by atoms with E-state index in [0.29, 0.717) is 12.5 Å². The number of rotatable bonds is 3. The Morgan fingerprint density at radius 1 is 1.33 bits per heavy atom. The van der Waals surface area contributed by atoms with Crippen LogP contribution >= 0.6 is 0 Å². The van der Waals surface area contributed by atoms with E-state index in [2.05, 4.69) is 25.7 Å². The summed E-state index contributed by atoms with van der Waals surface area (Å²) in [6.45, 7) is 11.4. The van der Waals surface area contributed by atoms with Crippen molar-refractivity contribution >= 4 is 0 Å². The third-order valence-corrected chi connectivity index (χ3v) is 3.23. The highest BCUT2D eigenvalue weighted by Crippen LogP contribution is 2.26. The predicted molar refractivity (Wildman–Crippen MR) is 61.7 cm³/mol. The molecule has 1 saturated heterocycles. The normalized spacial score (nSPS) is 23.0. The van der Waals surface area contributed by atoms with Crippen molar-refractivity contribution in [3.63, 3.8) is 0 Å². The lowest BCUT2D eigenvalue weighted by Crippen LogP contribution is -2.47. The number of aliphatic hydroxyl groups excluding tert-OH is 1. The van der Waals surface area contributed by atoms with Crippen molar-refractivity contribution in [2.75, 3.05) is 19.7 Å². The Morgan fingerprint density at radius 3 is 2.27 bits per heavy atom. The number of hydrogen-bond donors (Lipinski definition) is 1. The molecular weight excluding hydrogens is 190 g/mol. The predicted octanol–water partition coefficient (Wildman–Crippen LogP) is 1.85. The fourth-order valence-electron chi connectivity index (χ4n) is 2.16.